The molecular formula is C14H20N2O4S. The highest BCUT2D eigenvalue weighted by atomic mass is 32.2. The molecule has 0 aliphatic carbocycles. The van der Waals surface area contributed by atoms with E-state index in [0.717, 1.165) is 6.26 Å². The van der Waals surface area contributed by atoms with Crippen molar-refractivity contribution in [3.63, 3.8) is 0 Å². The van der Waals surface area contributed by atoms with Gasteiger partial charge >= 0.3 is 6.03 Å². The van der Waals surface area contributed by atoms with Crippen LogP contribution in [0, 0.1) is 0 Å². The smallest absolute Gasteiger partial charge is 0.319 e. The molecule has 0 atom stereocenters. The first-order valence-electron chi connectivity index (χ1n) is 6.38. The number of Topliss-reactive ketones (excluding diaryl/α,β-unsaturated/α-hetero) is 1. The van der Waals surface area contributed by atoms with Crippen LogP contribution in [-0.4, -0.2) is 37.8 Å². The van der Waals surface area contributed by atoms with Crippen molar-refractivity contribution in [2.24, 2.45) is 0 Å². The predicted molar refractivity (Wildman–Crippen MR) is 82.4 cm³/mol. The fourth-order valence-electron chi connectivity index (χ4n) is 1.42. The summed E-state index contributed by atoms with van der Waals surface area (Å²) in [6, 6.07) is 6.00. The highest BCUT2D eigenvalue weighted by Crippen LogP contribution is 2.14. The largest absolute Gasteiger partial charge is 0.336 e. The van der Waals surface area contributed by atoms with Crippen LogP contribution in [0.25, 0.3) is 0 Å². The molecule has 0 aliphatic heterocycles. The summed E-state index contributed by atoms with van der Waals surface area (Å²) in [5, 5.41) is 5.08. The zero-order valence-electron chi connectivity index (χ0n) is 12.6. The van der Waals surface area contributed by atoms with Gasteiger partial charge in [-0.3, -0.25) is 4.79 Å². The van der Waals surface area contributed by atoms with Gasteiger partial charge in [-0.2, -0.15) is 0 Å². The normalized spacial score (nSPS) is 11.8. The fraction of sp³-hybridized carbons (Fsp3) is 0.429. The van der Waals surface area contributed by atoms with Crippen LogP contribution < -0.4 is 10.6 Å². The number of anilines is 1. The van der Waals surface area contributed by atoms with Crippen LogP contribution in [0.2, 0.25) is 0 Å². The molecule has 0 fully saturated rings. The summed E-state index contributed by atoms with van der Waals surface area (Å²) in [4.78, 5) is 23.0. The lowest BCUT2D eigenvalue weighted by Gasteiger charge is -2.22. The summed E-state index contributed by atoms with van der Waals surface area (Å²) in [5.41, 5.74) is 0.960. The molecule has 1 aromatic rings. The Hall–Kier alpha value is -1.89. The minimum absolute atomic E-state index is 0.00986. The number of amides is 2. The number of hydrogen-bond donors (Lipinski definition) is 2. The predicted octanol–water partition coefficient (Wildman–Crippen LogP) is 1.83. The highest BCUT2D eigenvalue weighted by Gasteiger charge is 2.30. The number of rotatable bonds is 5. The van der Waals surface area contributed by atoms with Crippen LogP contribution in [0.15, 0.2) is 24.3 Å². The molecule has 1 rings (SSSR count). The molecule has 0 saturated carbocycles. The SMILES string of the molecule is CC(=O)c1cccc(NC(=O)NCC(C)(C)S(C)(=O)=O)c1. The van der Waals surface area contributed by atoms with Gasteiger partial charge in [-0.25, -0.2) is 13.2 Å². The van der Waals surface area contributed by atoms with Crippen molar-refractivity contribution in [3.8, 4) is 0 Å². The molecule has 6 nitrogen and oxygen atoms in total. The van der Waals surface area contributed by atoms with E-state index >= 15 is 0 Å². The standard InChI is InChI=1S/C14H20N2O4S/c1-10(17)11-6-5-7-12(8-11)16-13(18)15-9-14(2,3)21(4,19)20/h5-8H,9H2,1-4H3,(H2,15,16,18). The second kappa shape index (κ2) is 6.26. The minimum atomic E-state index is -3.28. The molecule has 0 radical (unpaired) electrons. The summed E-state index contributed by atoms with van der Waals surface area (Å²) in [6.45, 7) is 4.51. The number of sulfone groups is 1. The number of hydrogen-bond acceptors (Lipinski definition) is 4. The molecule has 21 heavy (non-hydrogen) atoms. The van der Waals surface area contributed by atoms with Gasteiger partial charge in [0.15, 0.2) is 15.6 Å². The van der Waals surface area contributed by atoms with Crippen LogP contribution in [0.5, 0.6) is 0 Å². The molecule has 116 valence electrons. The maximum absolute atomic E-state index is 11.8. The van der Waals surface area contributed by atoms with Crippen molar-refractivity contribution in [3.05, 3.63) is 29.8 Å². The average molecular weight is 312 g/mol. The van der Waals surface area contributed by atoms with Gasteiger partial charge in [0.25, 0.3) is 0 Å². The van der Waals surface area contributed by atoms with Crippen molar-refractivity contribution in [2.45, 2.75) is 25.5 Å². The topological polar surface area (TPSA) is 92.3 Å². The Kier molecular flexibility index (Phi) is 5.11. The Morgan fingerprint density at radius 2 is 1.86 bits per heavy atom. The maximum atomic E-state index is 11.8. The zero-order chi connectivity index (χ0) is 16.3. The molecule has 7 heteroatoms. The second-order valence-electron chi connectivity index (χ2n) is 5.48. The van der Waals surface area contributed by atoms with E-state index in [1.807, 2.05) is 0 Å². The number of carbonyl (C=O) groups is 2. The van der Waals surface area contributed by atoms with E-state index < -0.39 is 20.6 Å². The lowest BCUT2D eigenvalue weighted by molar-refractivity contribution is 0.101. The molecule has 2 amide bonds. The average Bonchev–Trinajstić information content (AvgIpc) is 2.35. The summed E-state index contributed by atoms with van der Waals surface area (Å²) in [7, 11) is -3.28. The van der Waals surface area contributed by atoms with Crippen LogP contribution in [0.3, 0.4) is 0 Å². The first-order valence-corrected chi connectivity index (χ1v) is 8.27. The summed E-state index contributed by atoms with van der Waals surface area (Å²) >= 11 is 0. The van der Waals surface area contributed by atoms with Gasteiger partial charge in [-0.1, -0.05) is 12.1 Å². The Morgan fingerprint density at radius 1 is 1.24 bits per heavy atom. The molecule has 0 heterocycles. The minimum Gasteiger partial charge on any atom is -0.336 e. The van der Waals surface area contributed by atoms with Crippen molar-refractivity contribution in [2.75, 3.05) is 18.1 Å². The number of ketones is 1. The maximum Gasteiger partial charge on any atom is 0.319 e. The number of urea groups is 1. The van der Waals surface area contributed by atoms with E-state index in [2.05, 4.69) is 10.6 Å². The molecule has 1 aromatic carbocycles. The molecule has 2 N–H and O–H groups in total. The Labute approximate surface area is 124 Å². The lowest BCUT2D eigenvalue weighted by atomic mass is 10.1. The van der Waals surface area contributed by atoms with Crippen LogP contribution in [0.4, 0.5) is 10.5 Å². The summed E-state index contributed by atoms with van der Waals surface area (Å²) in [6.07, 6.45) is 1.13. The quantitative estimate of drug-likeness (QED) is 0.811. The third kappa shape index (κ3) is 4.86. The van der Waals surface area contributed by atoms with Crippen LogP contribution in [0.1, 0.15) is 31.1 Å². The van der Waals surface area contributed by atoms with Crippen molar-refractivity contribution in [1.82, 2.24) is 5.32 Å². The van der Waals surface area contributed by atoms with E-state index in [-0.39, 0.29) is 12.3 Å². The van der Waals surface area contributed by atoms with E-state index in [1.54, 1.807) is 38.1 Å². The zero-order valence-corrected chi connectivity index (χ0v) is 13.4. The van der Waals surface area contributed by atoms with Crippen molar-refractivity contribution < 1.29 is 18.0 Å². The Bertz CT molecular complexity index is 651. The van der Waals surface area contributed by atoms with E-state index in [9.17, 15) is 18.0 Å². The third-order valence-electron chi connectivity index (χ3n) is 3.21. The summed E-state index contributed by atoms with van der Waals surface area (Å²) < 4.78 is 22.0. The van der Waals surface area contributed by atoms with Gasteiger partial charge in [0, 0.05) is 24.1 Å². The Balaban J connectivity index is 2.67. The number of benzene rings is 1. The second-order valence-corrected chi connectivity index (χ2v) is 8.13. The van der Waals surface area contributed by atoms with Gasteiger partial charge in [0.05, 0.1) is 4.75 Å². The monoisotopic (exact) mass is 312 g/mol. The van der Waals surface area contributed by atoms with Crippen LogP contribution in [-0.2, 0) is 9.84 Å². The molecular weight excluding hydrogens is 292 g/mol. The van der Waals surface area contributed by atoms with E-state index in [4.69, 9.17) is 0 Å². The highest BCUT2D eigenvalue weighted by molar-refractivity contribution is 7.92. The first-order chi connectivity index (χ1) is 9.53. The van der Waals surface area contributed by atoms with E-state index in [1.165, 1.54) is 6.92 Å². The third-order valence-corrected chi connectivity index (χ3v) is 5.36. The van der Waals surface area contributed by atoms with Crippen molar-refractivity contribution >= 4 is 27.3 Å². The van der Waals surface area contributed by atoms with Gasteiger partial charge in [0.2, 0.25) is 0 Å². The molecule has 0 unspecified atom stereocenters. The number of nitrogens with one attached hydrogen (secondary N) is 2. The summed E-state index contributed by atoms with van der Waals surface area (Å²) in [5.74, 6) is -0.0998. The van der Waals surface area contributed by atoms with Gasteiger partial charge < -0.3 is 10.6 Å². The molecule has 0 aliphatic rings. The molecule has 0 saturated heterocycles. The van der Waals surface area contributed by atoms with Gasteiger partial charge in [-0.05, 0) is 32.9 Å². The Morgan fingerprint density at radius 3 is 2.38 bits per heavy atom. The van der Waals surface area contributed by atoms with Gasteiger partial charge in [0.1, 0.15) is 0 Å². The van der Waals surface area contributed by atoms with Crippen LogP contribution >= 0.6 is 0 Å². The van der Waals surface area contributed by atoms with Gasteiger partial charge in [-0.15, -0.1) is 0 Å². The fourth-order valence-corrected chi connectivity index (χ4v) is 1.75. The first kappa shape index (κ1) is 17.2. The molecule has 0 spiro atoms. The van der Waals surface area contributed by atoms with Crippen molar-refractivity contribution in [1.29, 1.82) is 0 Å². The molecule has 0 bridgehead atoms. The number of carbonyl (C=O) groups excluding carboxylic acids is 2. The van der Waals surface area contributed by atoms with E-state index in [0.29, 0.717) is 11.3 Å². The lowest BCUT2D eigenvalue weighted by Crippen LogP contribution is -2.45. The molecule has 0 aromatic heterocycles.